The van der Waals surface area contributed by atoms with Gasteiger partial charge in [0.2, 0.25) is 0 Å². The van der Waals surface area contributed by atoms with Crippen LogP contribution in [0.3, 0.4) is 0 Å². The summed E-state index contributed by atoms with van der Waals surface area (Å²) in [7, 11) is 3.23. The molecule has 39 heavy (non-hydrogen) atoms. The van der Waals surface area contributed by atoms with Crippen LogP contribution < -0.4 is 5.32 Å². The lowest BCUT2D eigenvalue weighted by atomic mass is 9.73. The number of ether oxygens (including phenoxy) is 1. The summed E-state index contributed by atoms with van der Waals surface area (Å²) in [5, 5.41) is 25.9. The average molecular weight is 544 g/mol. The quantitative estimate of drug-likeness (QED) is 0.308. The van der Waals surface area contributed by atoms with Crippen LogP contribution in [0.15, 0.2) is 34.9 Å². The van der Waals surface area contributed by atoms with Gasteiger partial charge in [-0.15, -0.1) is 0 Å². The molecule has 3 atom stereocenters. The first-order valence-electron chi connectivity index (χ1n) is 14.5. The van der Waals surface area contributed by atoms with Gasteiger partial charge in [0, 0.05) is 63.3 Å². The Kier molecular flexibility index (Phi) is 10.1. The number of para-hydroxylation sites is 1. The molecule has 0 spiro atoms. The molecule has 216 valence electrons. The number of methoxy groups -OCH3 is 1. The number of rotatable bonds is 12. The molecule has 2 heterocycles. The molecule has 1 saturated carbocycles. The number of fused-ring (bicyclic) bond motifs is 1. The Hall–Kier alpha value is -2.78. The van der Waals surface area contributed by atoms with Gasteiger partial charge in [0.25, 0.3) is 0 Å². The number of carbonyl (C=O) groups is 2. The number of likely N-dealkylation sites (N-methyl/N-ethyl adjacent to an activating group) is 1. The third-order valence-electron chi connectivity index (χ3n) is 8.73. The second-order valence-electron chi connectivity index (χ2n) is 11.5. The second kappa shape index (κ2) is 13.5. The first kappa shape index (κ1) is 29.2. The van der Waals surface area contributed by atoms with Gasteiger partial charge in [-0.3, -0.25) is 0 Å². The predicted molar refractivity (Wildman–Crippen MR) is 150 cm³/mol. The lowest BCUT2D eigenvalue weighted by Gasteiger charge is -2.43. The summed E-state index contributed by atoms with van der Waals surface area (Å²) in [6, 6.07) is 7.36. The number of nitrogens with one attached hydrogen (secondary N) is 1. The maximum absolute atomic E-state index is 13.5. The van der Waals surface area contributed by atoms with Crippen LogP contribution in [-0.2, 0) is 10.3 Å². The number of piperidine rings is 1. The van der Waals surface area contributed by atoms with Gasteiger partial charge in [-0.05, 0) is 50.5 Å². The van der Waals surface area contributed by atoms with Crippen LogP contribution >= 0.6 is 0 Å². The summed E-state index contributed by atoms with van der Waals surface area (Å²) in [6.45, 7) is 1.93. The van der Waals surface area contributed by atoms with Crippen LogP contribution in [0.5, 0.6) is 0 Å². The molecule has 4 rings (SSSR count). The van der Waals surface area contributed by atoms with Crippen molar-refractivity contribution in [3.63, 3.8) is 0 Å². The van der Waals surface area contributed by atoms with E-state index in [9.17, 15) is 19.8 Å². The fraction of sp³-hybridized carbons (Fsp3) is 0.667. The molecule has 0 radical (unpaired) electrons. The Morgan fingerprint density at radius 2 is 2.00 bits per heavy atom. The van der Waals surface area contributed by atoms with Crippen LogP contribution in [0.25, 0.3) is 11.0 Å². The van der Waals surface area contributed by atoms with E-state index in [1.165, 1.54) is 17.7 Å². The summed E-state index contributed by atoms with van der Waals surface area (Å²) in [4.78, 5) is 28.1. The Bertz CT molecular complexity index is 1080. The number of furan rings is 1. The van der Waals surface area contributed by atoms with Crippen molar-refractivity contribution in [3.05, 3.63) is 36.1 Å². The monoisotopic (exact) mass is 543 g/mol. The summed E-state index contributed by atoms with van der Waals surface area (Å²) in [5.41, 5.74) is 0.315. The van der Waals surface area contributed by atoms with Crippen molar-refractivity contribution in [2.24, 2.45) is 11.8 Å². The average Bonchev–Trinajstić information content (AvgIpc) is 3.63. The minimum absolute atomic E-state index is 0.162. The first-order valence-corrected chi connectivity index (χ1v) is 14.5. The Morgan fingerprint density at radius 1 is 1.21 bits per heavy atom. The molecule has 1 aliphatic carbocycles. The fourth-order valence-corrected chi connectivity index (χ4v) is 6.59. The van der Waals surface area contributed by atoms with E-state index in [2.05, 4.69) is 5.32 Å². The second-order valence-corrected chi connectivity index (χ2v) is 11.5. The highest BCUT2D eigenvalue weighted by Gasteiger charge is 2.43. The first-order chi connectivity index (χ1) is 18.8. The van der Waals surface area contributed by atoms with E-state index in [0.717, 1.165) is 55.9 Å². The highest BCUT2D eigenvalue weighted by Crippen LogP contribution is 2.42. The minimum atomic E-state index is -1.16. The maximum atomic E-state index is 13.5. The van der Waals surface area contributed by atoms with Crippen LogP contribution in [0.1, 0.15) is 69.8 Å². The summed E-state index contributed by atoms with van der Waals surface area (Å²) in [5.74, 6) is 0.350. The van der Waals surface area contributed by atoms with Gasteiger partial charge in [0.05, 0.1) is 11.9 Å². The van der Waals surface area contributed by atoms with Crippen molar-refractivity contribution in [3.8, 4) is 0 Å². The zero-order chi connectivity index (χ0) is 27.8. The summed E-state index contributed by atoms with van der Waals surface area (Å²) in [6.07, 6.45) is 9.84. The van der Waals surface area contributed by atoms with Crippen molar-refractivity contribution >= 4 is 23.1 Å². The highest BCUT2D eigenvalue weighted by molar-refractivity contribution is 5.81. The van der Waals surface area contributed by atoms with Gasteiger partial charge in [-0.2, -0.15) is 0 Å². The zero-order valence-corrected chi connectivity index (χ0v) is 23.4. The molecular weight excluding hydrogens is 498 g/mol. The van der Waals surface area contributed by atoms with Crippen molar-refractivity contribution in [1.29, 1.82) is 0 Å². The molecule has 9 heteroatoms. The molecule has 0 unspecified atom stereocenters. The number of likely N-dealkylation sites (tertiary alicyclic amines) is 1. The van der Waals surface area contributed by atoms with E-state index in [1.54, 1.807) is 25.3 Å². The Labute approximate surface area is 231 Å². The number of carboxylic acid groups (broad SMARTS) is 1. The number of urea groups is 1. The Morgan fingerprint density at radius 3 is 2.74 bits per heavy atom. The fourth-order valence-electron chi connectivity index (χ4n) is 6.59. The van der Waals surface area contributed by atoms with Crippen molar-refractivity contribution < 1.29 is 29.0 Å². The van der Waals surface area contributed by atoms with Crippen molar-refractivity contribution in [2.75, 3.05) is 40.4 Å². The lowest BCUT2D eigenvalue weighted by Crippen LogP contribution is -2.54. The van der Waals surface area contributed by atoms with Gasteiger partial charge in [0.15, 0.2) is 0 Å². The Balaban J connectivity index is 1.50. The molecule has 3 N–H and O–H groups in total. The topological polar surface area (TPSA) is 115 Å². The third-order valence-corrected chi connectivity index (χ3v) is 8.73. The number of aliphatic hydroxyl groups is 1. The summed E-state index contributed by atoms with van der Waals surface area (Å²) >= 11 is 0. The molecule has 3 amide bonds. The number of nitrogens with zero attached hydrogens (tertiary/aromatic N) is 2. The molecule has 9 nitrogen and oxygen atoms in total. The van der Waals surface area contributed by atoms with Crippen LogP contribution in [0.4, 0.5) is 9.59 Å². The molecule has 2 aromatic rings. The van der Waals surface area contributed by atoms with E-state index >= 15 is 0 Å². The lowest BCUT2D eigenvalue weighted by molar-refractivity contribution is -0.0558. The minimum Gasteiger partial charge on any atom is -0.465 e. The molecular formula is C30H45N3O6. The predicted octanol–water partition coefficient (Wildman–Crippen LogP) is 5.42. The van der Waals surface area contributed by atoms with E-state index in [1.807, 2.05) is 24.3 Å². The number of unbranched alkanes of at least 4 members (excludes halogenated alkanes) is 1. The number of amides is 3. The van der Waals surface area contributed by atoms with Gasteiger partial charge in [0.1, 0.15) is 5.58 Å². The van der Waals surface area contributed by atoms with Crippen LogP contribution in [-0.4, -0.2) is 78.6 Å². The van der Waals surface area contributed by atoms with E-state index < -0.39 is 11.7 Å². The molecule has 1 saturated heterocycles. The molecule has 0 bridgehead atoms. The van der Waals surface area contributed by atoms with Crippen molar-refractivity contribution in [2.45, 2.75) is 75.9 Å². The van der Waals surface area contributed by atoms with Gasteiger partial charge in [-0.25, -0.2) is 9.59 Å². The number of benzene rings is 1. The molecule has 1 aliphatic heterocycles. The van der Waals surface area contributed by atoms with E-state index in [0.29, 0.717) is 37.6 Å². The molecule has 2 fully saturated rings. The smallest absolute Gasteiger partial charge is 0.407 e. The number of hydrogen-bond acceptors (Lipinski definition) is 5. The zero-order valence-electron chi connectivity index (χ0n) is 23.4. The van der Waals surface area contributed by atoms with Crippen LogP contribution in [0, 0.1) is 11.8 Å². The van der Waals surface area contributed by atoms with Gasteiger partial charge >= 0.3 is 12.1 Å². The van der Waals surface area contributed by atoms with E-state index in [-0.39, 0.29) is 24.5 Å². The molecule has 1 aromatic heterocycles. The van der Waals surface area contributed by atoms with Crippen molar-refractivity contribution in [1.82, 2.24) is 15.1 Å². The normalized spacial score (nSPS) is 20.6. The number of carbonyl (C=O) groups excluding carboxylic acids is 1. The number of hydrogen-bond donors (Lipinski definition) is 3. The standard InChI is InChI=1S/C30H45N3O6/c1-32(29(35)36)21-25(19-22-9-3-4-10-22)31-28(34)33-16-8-12-24(20-33)30(37,15-5-6-17-38-2)26-13-7-11-23-14-18-39-27(23)26/h7,11,13-14,18,22,24-25,37H,3-6,8-10,12,15-17,19-21H2,1-2H3,(H,31,34)(H,35,36)/t24-,25+,30+/m1/s1. The molecule has 2 aliphatic rings. The van der Waals surface area contributed by atoms with E-state index in [4.69, 9.17) is 9.15 Å². The van der Waals surface area contributed by atoms with Gasteiger partial charge < -0.3 is 34.5 Å². The largest absolute Gasteiger partial charge is 0.465 e. The highest BCUT2D eigenvalue weighted by atomic mass is 16.5. The SMILES string of the molecule is COCCCC[C@@](O)(c1cccc2ccoc12)[C@@H]1CCCN(C(=O)N[C@@H](CC2CCCC2)CN(C)C(=O)O)C1. The maximum Gasteiger partial charge on any atom is 0.407 e. The van der Waals surface area contributed by atoms with Gasteiger partial charge in [-0.1, -0.05) is 43.9 Å². The summed E-state index contributed by atoms with van der Waals surface area (Å²) < 4.78 is 11.1. The van der Waals surface area contributed by atoms with Crippen LogP contribution in [0.2, 0.25) is 0 Å². The third kappa shape index (κ3) is 7.25. The molecule has 1 aromatic carbocycles.